The van der Waals surface area contributed by atoms with Crippen LogP contribution in [0, 0.1) is 0 Å². The smallest absolute Gasteiger partial charge is 0.331 e. The van der Waals surface area contributed by atoms with E-state index in [2.05, 4.69) is 0 Å². The van der Waals surface area contributed by atoms with Gasteiger partial charge in [0.15, 0.2) is 11.8 Å². The summed E-state index contributed by atoms with van der Waals surface area (Å²) >= 11 is 0. The second-order valence-corrected chi connectivity index (χ2v) is 4.92. The molecule has 0 fully saturated rings. The van der Waals surface area contributed by atoms with E-state index >= 15 is 0 Å². The van der Waals surface area contributed by atoms with Crippen molar-refractivity contribution in [1.29, 1.82) is 0 Å². The van der Waals surface area contributed by atoms with Crippen molar-refractivity contribution in [2.75, 3.05) is 6.54 Å². The fraction of sp³-hybridized carbons (Fsp3) is 0.333. The first kappa shape index (κ1) is 13.5. The van der Waals surface area contributed by atoms with Gasteiger partial charge < -0.3 is 18.8 Å². The van der Waals surface area contributed by atoms with Crippen molar-refractivity contribution >= 4 is 11.9 Å². The minimum Gasteiger partial charge on any atom is -0.479 e. The second-order valence-electron chi connectivity index (χ2n) is 4.92. The minimum absolute atomic E-state index is 0.218. The van der Waals surface area contributed by atoms with Crippen LogP contribution in [0.1, 0.15) is 40.4 Å². The largest absolute Gasteiger partial charge is 0.479 e. The summed E-state index contributed by atoms with van der Waals surface area (Å²) in [6.07, 6.45) is 4.06. The number of carbonyl (C=O) groups excluding carboxylic acids is 1. The summed E-state index contributed by atoms with van der Waals surface area (Å²) in [4.78, 5) is 25.5. The number of aryl methyl sites for hydroxylation is 1. The lowest BCUT2D eigenvalue weighted by atomic mass is 9.98. The standard InChI is InChI=1S/C15H15NO5/c1-2-9-4-7-21-13(9)14(17)16-6-3-11-10(5-8-20-11)12(16)15(18)19/h4-5,7-8,12H,2-3,6H2,1H3,(H,18,19). The SMILES string of the molecule is CCc1ccoc1C(=O)N1CCc2occc2C1C(=O)O. The van der Waals surface area contributed by atoms with Gasteiger partial charge in [-0.2, -0.15) is 0 Å². The predicted molar refractivity (Wildman–Crippen MR) is 71.9 cm³/mol. The van der Waals surface area contributed by atoms with Crippen molar-refractivity contribution in [3.63, 3.8) is 0 Å². The van der Waals surface area contributed by atoms with E-state index in [9.17, 15) is 14.7 Å². The molecule has 1 aliphatic heterocycles. The number of furan rings is 2. The molecule has 2 aromatic rings. The number of carboxylic acid groups (broad SMARTS) is 1. The molecule has 1 aliphatic rings. The molecule has 21 heavy (non-hydrogen) atoms. The Kier molecular flexibility index (Phi) is 3.29. The Labute approximate surface area is 121 Å². The van der Waals surface area contributed by atoms with Crippen LogP contribution in [0.4, 0.5) is 0 Å². The van der Waals surface area contributed by atoms with Gasteiger partial charge in [0.25, 0.3) is 5.91 Å². The highest BCUT2D eigenvalue weighted by Gasteiger charge is 2.39. The van der Waals surface area contributed by atoms with Gasteiger partial charge in [-0.3, -0.25) is 4.79 Å². The molecule has 0 aliphatic carbocycles. The number of hydrogen-bond donors (Lipinski definition) is 1. The van der Waals surface area contributed by atoms with Crippen LogP contribution in [0.2, 0.25) is 0 Å². The molecule has 3 heterocycles. The third-order valence-electron chi connectivity index (χ3n) is 3.78. The molecule has 1 N–H and O–H groups in total. The monoisotopic (exact) mass is 289 g/mol. The highest BCUT2D eigenvalue weighted by Crippen LogP contribution is 2.32. The maximum absolute atomic E-state index is 12.6. The summed E-state index contributed by atoms with van der Waals surface area (Å²) in [5.41, 5.74) is 1.31. The molecular formula is C15H15NO5. The van der Waals surface area contributed by atoms with Crippen LogP contribution in [-0.4, -0.2) is 28.4 Å². The Morgan fingerprint density at radius 3 is 2.81 bits per heavy atom. The molecule has 6 heteroatoms. The number of fused-ring (bicyclic) bond motifs is 1. The third kappa shape index (κ3) is 2.12. The third-order valence-corrected chi connectivity index (χ3v) is 3.78. The van der Waals surface area contributed by atoms with Crippen molar-refractivity contribution in [3.05, 3.63) is 47.3 Å². The molecule has 1 amide bonds. The zero-order valence-electron chi connectivity index (χ0n) is 11.5. The van der Waals surface area contributed by atoms with Crippen molar-refractivity contribution in [1.82, 2.24) is 4.90 Å². The minimum atomic E-state index is -1.07. The first-order valence-electron chi connectivity index (χ1n) is 6.80. The number of hydrogen-bond acceptors (Lipinski definition) is 4. The van der Waals surface area contributed by atoms with Crippen LogP contribution in [0.25, 0.3) is 0 Å². The molecule has 0 saturated heterocycles. The van der Waals surface area contributed by atoms with E-state index in [0.717, 1.165) is 5.56 Å². The van der Waals surface area contributed by atoms with E-state index in [1.54, 1.807) is 12.1 Å². The van der Waals surface area contributed by atoms with Gasteiger partial charge in [-0.25, -0.2) is 4.79 Å². The van der Waals surface area contributed by atoms with E-state index in [1.807, 2.05) is 6.92 Å². The zero-order valence-corrected chi connectivity index (χ0v) is 11.5. The molecule has 0 spiro atoms. The highest BCUT2D eigenvalue weighted by atomic mass is 16.4. The van der Waals surface area contributed by atoms with Crippen molar-refractivity contribution in [2.45, 2.75) is 25.8 Å². The van der Waals surface area contributed by atoms with Gasteiger partial charge in [0, 0.05) is 24.1 Å². The number of aliphatic carboxylic acids is 1. The molecule has 0 bridgehead atoms. The van der Waals surface area contributed by atoms with E-state index in [4.69, 9.17) is 8.83 Å². The maximum Gasteiger partial charge on any atom is 0.331 e. The van der Waals surface area contributed by atoms with E-state index in [-0.39, 0.29) is 5.76 Å². The van der Waals surface area contributed by atoms with Crippen LogP contribution >= 0.6 is 0 Å². The molecule has 0 aromatic carbocycles. The van der Waals surface area contributed by atoms with Crippen LogP contribution in [-0.2, 0) is 17.6 Å². The van der Waals surface area contributed by atoms with E-state index in [0.29, 0.717) is 30.7 Å². The number of carbonyl (C=O) groups is 2. The number of rotatable bonds is 3. The number of carboxylic acids is 1. The molecule has 1 unspecified atom stereocenters. The summed E-state index contributed by atoms with van der Waals surface area (Å²) in [7, 11) is 0. The van der Waals surface area contributed by atoms with E-state index < -0.39 is 17.9 Å². The van der Waals surface area contributed by atoms with Gasteiger partial charge in [-0.15, -0.1) is 0 Å². The van der Waals surface area contributed by atoms with Crippen LogP contribution < -0.4 is 0 Å². The summed E-state index contributed by atoms with van der Waals surface area (Å²) in [5.74, 6) is -0.622. The van der Waals surface area contributed by atoms with Crippen LogP contribution in [0.5, 0.6) is 0 Å². The van der Waals surface area contributed by atoms with Gasteiger partial charge in [0.2, 0.25) is 0 Å². The van der Waals surface area contributed by atoms with Crippen LogP contribution in [0.15, 0.2) is 33.5 Å². The molecule has 6 nitrogen and oxygen atoms in total. The topological polar surface area (TPSA) is 83.9 Å². The summed E-state index contributed by atoms with van der Waals surface area (Å²) in [6.45, 7) is 2.21. The Bertz CT molecular complexity index is 684. The average Bonchev–Trinajstić information content (AvgIpc) is 3.13. The van der Waals surface area contributed by atoms with Gasteiger partial charge in [-0.1, -0.05) is 6.92 Å². The molecule has 110 valence electrons. The first-order chi connectivity index (χ1) is 10.1. The molecule has 3 rings (SSSR count). The normalized spacial score (nSPS) is 17.6. The average molecular weight is 289 g/mol. The van der Waals surface area contributed by atoms with Crippen molar-refractivity contribution in [2.24, 2.45) is 0 Å². The summed E-state index contributed by atoms with van der Waals surface area (Å²) < 4.78 is 10.5. The predicted octanol–water partition coefficient (Wildman–Crippen LogP) is 2.26. The molecular weight excluding hydrogens is 274 g/mol. The molecule has 0 radical (unpaired) electrons. The molecule has 1 atom stereocenters. The maximum atomic E-state index is 12.6. The summed E-state index contributed by atoms with van der Waals surface area (Å²) in [5, 5.41) is 9.48. The number of amides is 1. The van der Waals surface area contributed by atoms with Gasteiger partial charge in [-0.05, 0) is 18.6 Å². The van der Waals surface area contributed by atoms with Crippen LogP contribution in [0.3, 0.4) is 0 Å². The van der Waals surface area contributed by atoms with Gasteiger partial charge >= 0.3 is 5.97 Å². The van der Waals surface area contributed by atoms with Crippen molar-refractivity contribution < 1.29 is 23.5 Å². The fourth-order valence-corrected chi connectivity index (χ4v) is 2.73. The fourth-order valence-electron chi connectivity index (χ4n) is 2.73. The van der Waals surface area contributed by atoms with Gasteiger partial charge in [0.05, 0.1) is 12.5 Å². The Balaban J connectivity index is 1.98. The molecule has 0 saturated carbocycles. The lowest BCUT2D eigenvalue weighted by Crippen LogP contribution is -2.43. The zero-order chi connectivity index (χ0) is 15.0. The Hall–Kier alpha value is -2.50. The Morgan fingerprint density at radius 1 is 1.33 bits per heavy atom. The lowest BCUT2D eigenvalue weighted by Gasteiger charge is -2.32. The quantitative estimate of drug-likeness (QED) is 0.937. The van der Waals surface area contributed by atoms with E-state index in [1.165, 1.54) is 17.4 Å². The van der Waals surface area contributed by atoms with Gasteiger partial charge in [0.1, 0.15) is 5.76 Å². The summed E-state index contributed by atoms with van der Waals surface area (Å²) in [6, 6.07) is 2.31. The highest BCUT2D eigenvalue weighted by molar-refractivity contribution is 5.96. The number of nitrogens with zero attached hydrogens (tertiary/aromatic N) is 1. The second kappa shape index (κ2) is 5.12. The van der Waals surface area contributed by atoms with Crippen molar-refractivity contribution in [3.8, 4) is 0 Å². The molecule has 2 aromatic heterocycles. The Morgan fingerprint density at radius 2 is 2.10 bits per heavy atom. The first-order valence-corrected chi connectivity index (χ1v) is 6.80. The lowest BCUT2D eigenvalue weighted by molar-refractivity contribution is -0.143.